The Bertz CT molecular complexity index is 789. The minimum absolute atomic E-state index is 0.164. The lowest BCUT2D eigenvalue weighted by Crippen LogP contribution is -2.03. The lowest BCUT2D eigenvalue weighted by Gasteiger charge is -2.16. The van der Waals surface area contributed by atoms with Gasteiger partial charge in [-0.3, -0.25) is 0 Å². The van der Waals surface area contributed by atoms with Gasteiger partial charge in [-0.1, -0.05) is 49.9 Å². The highest BCUT2D eigenvalue weighted by atomic mass is 19.1. The van der Waals surface area contributed by atoms with Crippen LogP contribution in [0.15, 0.2) is 55.1 Å². The van der Waals surface area contributed by atoms with Crippen LogP contribution >= 0.6 is 0 Å². The van der Waals surface area contributed by atoms with E-state index in [2.05, 4.69) is 38.6 Å². The van der Waals surface area contributed by atoms with E-state index in [4.69, 9.17) is 4.74 Å². The number of hydrogen-bond donors (Lipinski definition) is 0. The Labute approximate surface area is 163 Å². The molecule has 0 aliphatic heterocycles. The van der Waals surface area contributed by atoms with Crippen molar-refractivity contribution in [2.75, 3.05) is 6.61 Å². The van der Waals surface area contributed by atoms with Crippen LogP contribution in [0.4, 0.5) is 4.39 Å². The molecule has 144 valence electrons. The van der Waals surface area contributed by atoms with E-state index in [0.717, 1.165) is 43.4 Å². The summed E-state index contributed by atoms with van der Waals surface area (Å²) in [5.41, 5.74) is 7.23. The molecule has 1 nitrogen and oxygen atoms in total. The van der Waals surface area contributed by atoms with Crippen LogP contribution in [0.3, 0.4) is 0 Å². The lowest BCUT2D eigenvalue weighted by molar-refractivity contribution is 0.121. The van der Waals surface area contributed by atoms with Crippen molar-refractivity contribution in [3.8, 4) is 0 Å². The van der Waals surface area contributed by atoms with Crippen LogP contribution in [0, 0.1) is 12.7 Å². The third kappa shape index (κ3) is 6.18. The Morgan fingerprint density at radius 3 is 2.63 bits per heavy atom. The van der Waals surface area contributed by atoms with Crippen molar-refractivity contribution in [3.05, 3.63) is 88.8 Å². The number of ether oxygens (including phenoxy) is 1. The number of allylic oxidation sites excluding steroid dienone is 3. The van der Waals surface area contributed by atoms with Gasteiger partial charge in [-0.05, 0) is 85.1 Å². The Hall–Kier alpha value is -2.19. The second kappa shape index (κ2) is 10.8. The van der Waals surface area contributed by atoms with E-state index in [0.29, 0.717) is 6.61 Å². The molecule has 0 saturated carbocycles. The van der Waals surface area contributed by atoms with Crippen molar-refractivity contribution in [3.63, 3.8) is 0 Å². The molecule has 0 aromatic heterocycles. The maximum atomic E-state index is 13.4. The maximum absolute atomic E-state index is 13.4. The summed E-state index contributed by atoms with van der Waals surface area (Å²) in [7, 11) is 0. The second-order valence-corrected chi connectivity index (χ2v) is 6.92. The highest BCUT2D eigenvalue weighted by Crippen LogP contribution is 2.26. The zero-order valence-corrected chi connectivity index (χ0v) is 16.9. The Morgan fingerprint density at radius 2 is 1.96 bits per heavy atom. The van der Waals surface area contributed by atoms with Crippen LogP contribution in [0.5, 0.6) is 0 Å². The van der Waals surface area contributed by atoms with Gasteiger partial charge < -0.3 is 4.74 Å². The molecule has 0 heterocycles. The van der Waals surface area contributed by atoms with Gasteiger partial charge in [-0.25, -0.2) is 4.39 Å². The van der Waals surface area contributed by atoms with Gasteiger partial charge in [0, 0.05) is 6.61 Å². The smallest absolute Gasteiger partial charge is 0.123 e. The molecule has 0 N–H and O–H groups in total. The molecule has 27 heavy (non-hydrogen) atoms. The van der Waals surface area contributed by atoms with Crippen LogP contribution < -0.4 is 0 Å². The molecule has 2 aromatic carbocycles. The molecular weight excluding hydrogens is 335 g/mol. The minimum atomic E-state index is -0.164. The fourth-order valence-electron chi connectivity index (χ4n) is 3.38. The van der Waals surface area contributed by atoms with Gasteiger partial charge >= 0.3 is 0 Å². The first-order valence-electron chi connectivity index (χ1n) is 9.82. The van der Waals surface area contributed by atoms with Crippen molar-refractivity contribution >= 4 is 5.57 Å². The van der Waals surface area contributed by atoms with Crippen LogP contribution in [-0.4, -0.2) is 6.61 Å². The molecule has 0 spiro atoms. The summed E-state index contributed by atoms with van der Waals surface area (Å²) in [6.07, 6.45) is 7.82. The molecule has 0 radical (unpaired) electrons. The summed E-state index contributed by atoms with van der Waals surface area (Å²) in [5, 5.41) is 0. The summed E-state index contributed by atoms with van der Waals surface area (Å²) in [5.74, 6) is -0.164. The zero-order chi connectivity index (χ0) is 19.6. The SMILES string of the molecule is C=C/C(=C\C)c1cc(CCCc2cccc(F)c2)c(COCCC)cc1C. The molecule has 2 aromatic rings. The fraction of sp³-hybridized carbons (Fsp3) is 0.360. The van der Waals surface area contributed by atoms with Gasteiger partial charge in [0.1, 0.15) is 5.82 Å². The van der Waals surface area contributed by atoms with Gasteiger partial charge in [0.05, 0.1) is 6.61 Å². The first-order valence-corrected chi connectivity index (χ1v) is 9.82. The average molecular weight is 367 g/mol. The molecule has 0 atom stereocenters. The van der Waals surface area contributed by atoms with Crippen molar-refractivity contribution in [2.45, 2.75) is 53.1 Å². The average Bonchev–Trinajstić information content (AvgIpc) is 2.65. The topological polar surface area (TPSA) is 9.23 Å². The Kier molecular flexibility index (Phi) is 8.47. The van der Waals surface area contributed by atoms with E-state index in [1.165, 1.54) is 28.3 Å². The maximum Gasteiger partial charge on any atom is 0.123 e. The molecule has 0 aliphatic carbocycles. The van der Waals surface area contributed by atoms with Gasteiger partial charge in [0.25, 0.3) is 0 Å². The molecule has 2 heteroatoms. The van der Waals surface area contributed by atoms with E-state index < -0.39 is 0 Å². The van der Waals surface area contributed by atoms with Gasteiger partial charge in [0.15, 0.2) is 0 Å². The van der Waals surface area contributed by atoms with Crippen molar-refractivity contribution in [2.24, 2.45) is 0 Å². The normalized spacial score (nSPS) is 11.6. The molecule has 0 amide bonds. The van der Waals surface area contributed by atoms with E-state index in [1.807, 2.05) is 19.1 Å². The highest BCUT2D eigenvalue weighted by molar-refractivity contribution is 5.76. The molecule has 0 bridgehead atoms. The van der Waals surface area contributed by atoms with Crippen LogP contribution in [0.2, 0.25) is 0 Å². The summed E-state index contributed by atoms with van der Waals surface area (Å²) in [4.78, 5) is 0. The predicted octanol–water partition coefficient (Wildman–Crippen LogP) is 6.83. The third-order valence-corrected chi connectivity index (χ3v) is 4.80. The van der Waals surface area contributed by atoms with E-state index in [-0.39, 0.29) is 5.82 Å². The summed E-state index contributed by atoms with van der Waals surface area (Å²) < 4.78 is 19.2. The summed E-state index contributed by atoms with van der Waals surface area (Å²) >= 11 is 0. The fourth-order valence-corrected chi connectivity index (χ4v) is 3.38. The standard InChI is InChI=1S/C25H31FO/c1-5-14-27-18-23-15-19(4)25(21(6-2)7-3)17-22(23)12-8-10-20-11-9-13-24(26)16-20/h6-7,9,11,13,15-17H,2,5,8,10,12,14,18H2,1,3-4H3/b21-7+. The molecular formula is C25H31FO. The van der Waals surface area contributed by atoms with Crippen molar-refractivity contribution in [1.82, 2.24) is 0 Å². The van der Waals surface area contributed by atoms with Crippen molar-refractivity contribution in [1.29, 1.82) is 0 Å². The number of benzene rings is 2. The highest BCUT2D eigenvalue weighted by Gasteiger charge is 2.10. The summed E-state index contributed by atoms with van der Waals surface area (Å²) in [6.45, 7) is 11.7. The van der Waals surface area contributed by atoms with E-state index in [1.54, 1.807) is 12.1 Å². The molecule has 0 unspecified atom stereocenters. The van der Waals surface area contributed by atoms with Gasteiger partial charge in [0.2, 0.25) is 0 Å². The second-order valence-electron chi connectivity index (χ2n) is 6.92. The molecule has 0 saturated heterocycles. The van der Waals surface area contributed by atoms with Crippen LogP contribution in [0.25, 0.3) is 5.57 Å². The largest absolute Gasteiger partial charge is 0.377 e. The quantitative estimate of drug-likeness (QED) is 0.331. The predicted molar refractivity (Wildman–Crippen MR) is 113 cm³/mol. The first-order chi connectivity index (χ1) is 13.1. The number of aryl methyl sites for hydroxylation is 3. The molecule has 0 fully saturated rings. The van der Waals surface area contributed by atoms with Gasteiger partial charge in [-0.15, -0.1) is 0 Å². The number of hydrogen-bond acceptors (Lipinski definition) is 1. The van der Waals surface area contributed by atoms with E-state index >= 15 is 0 Å². The summed E-state index contributed by atoms with van der Waals surface area (Å²) in [6, 6.07) is 11.4. The first kappa shape index (κ1) is 21.1. The minimum Gasteiger partial charge on any atom is -0.377 e. The zero-order valence-electron chi connectivity index (χ0n) is 16.9. The molecule has 2 rings (SSSR count). The van der Waals surface area contributed by atoms with Gasteiger partial charge in [-0.2, -0.15) is 0 Å². The van der Waals surface area contributed by atoms with E-state index in [9.17, 15) is 4.39 Å². The lowest BCUT2D eigenvalue weighted by atomic mass is 9.91. The van der Waals surface area contributed by atoms with Crippen molar-refractivity contribution < 1.29 is 9.13 Å². The van der Waals surface area contributed by atoms with Crippen LogP contribution in [0.1, 0.15) is 54.5 Å². The number of halogens is 1. The number of rotatable bonds is 10. The monoisotopic (exact) mass is 366 g/mol. The molecule has 0 aliphatic rings. The third-order valence-electron chi connectivity index (χ3n) is 4.80. The Morgan fingerprint density at radius 1 is 1.15 bits per heavy atom. The van der Waals surface area contributed by atoms with Crippen LogP contribution in [-0.2, 0) is 24.2 Å². The Balaban J connectivity index is 2.20.